The first-order chi connectivity index (χ1) is 10.2. The zero-order valence-corrected chi connectivity index (χ0v) is 12.3. The van der Waals surface area contributed by atoms with Gasteiger partial charge in [-0.2, -0.15) is 0 Å². The number of nitrogens with zero attached hydrogens (tertiary/aromatic N) is 4. The number of hydrogen-bond acceptors (Lipinski definition) is 4. The number of hydrogen-bond donors (Lipinski definition) is 0. The average molecular weight is 317 g/mol. The molecule has 0 bridgehead atoms. The lowest BCUT2D eigenvalue weighted by Crippen LogP contribution is -2.20. The Labute approximate surface area is 128 Å². The lowest BCUT2D eigenvalue weighted by molar-refractivity contribution is 0.735. The van der Waals surface area contributed by atoms with Gasteiger partial charge in [-0.15, -0.1) is 11.3 Å². The zero-order chi connectivity index (χ0) is 14.4. The monoisotopic (exact) mass is 316 g/mol. The van der Waals surface area contributed by atoms with Crippen LogP contribution in [0.5, 0.6) is 0 Å². The lowest BCUT2D eigenvalue weighted by atomic mass is 10.4. The van der Waals surface area contributed by atoms with Crippen LogP contribution in [-0.4, -0.2) is 18.9 Å². The Bertz CT molecular complexity index is 1020. The van der Waals surface area contributed by atoms with E-state index in [4.69, 9.17) is 11.6 Å². The van der Waals surface area contributed by atoms with Crippen LogP contribution >= 0.6 is 22.9 Å². The summed E-state index contributed by atoms with van der Waals surface area (Å²) in [4.78, 5) is 21.9. The van der Waals surface area contributed by atoms with E-state index in [9.17, 15) is 4.79 Å². The molecular formula is C14H9ClN4OS. The van der Waals surface area contributed by atoms with Crippen LogP contribution < -0.4 is 5.56 Å². The molecule has 0 radical (unpaired) electrons. The van der Waals surface area contributed by atoms with Crippen molar-refractivity contribution in [3.63, 3.8) is 0 Å². The van der Waals surface area contributed by atoms with Gasteiger partial charge in [-0.05, 0) is 23.6 Å². The molecule has 0 fully saturated rings. The predicted molar refractivity (Wildman–Crippen MR) is 83.2 cm³/mol. The van der Waals surface area contributed by atoms with E-state index in [1.807, 2.05) is 22.0 Å². The summed E-state index contributed by atoms with van der Waals surface area (Å²) in [5.41, 5.74) is 1.54. The first-order valence-corrected chi connectivity index (χ1v) is 7.52. The highest BCUT2D eigenvalue weighted by atomic mass is 35.5. The van der Waals surface area contributed by atoms with E-state index in [1.165, 1.54) is 11.3 Å². The van der Waals surface area contributed by atoms with Crippen LogP contribution in [0.4, 0.5) is 0 Å². The summed E-state index contributed by atoms with van der Waals surface area (Å²) < 4.78 is 3.41. The Hall–Kier alpha value is -2.18. The van der Waals surface area contributed by atoms with Crippen LogP contribution in [0.3, 0.4) is 0 Å². The molecule has 4 aromatic heterocycles. The second-order valence-electron chi connectivity index (χ2n) is 4.66. The standard InChI is InChI=1S/C14H9ClN4OS/c15-9-1-2-12-17-10(6-18(12)5-9)7-19-8-16-13-11(14(19)20)3-4-21-13/h1-6,8H,7H2. The fraction of sp³-hybridized carbons (Fsp3) is 0.0714. The second kappa shape index (κ2) is 4.68. The third kappa shape index (κ3) is 2.12. The molecule has 0 aliphatic rings. The minimum Gasteiger partial charge on any atom is -0.305 e. The molecule has 0 saturated carbocycles. The van der Waals surface area contributed by atoms with Gasteiger partial charge in [-0.3, -0.25) is 9.36 Å². The van der Waals surface area contributed by atoms with Gasteiger partial charge in [-0.1, -0.05) is 11.6 Å². The quantitative estimate of drug-likeness (QED) is 0.571. The van der Waals surface area contributed by atoms with E-state index in [-0.39, 0.29) is 5.56 Å². The fourth-order valence-electron chi connectivity index (χ4n) is 2.27. The molecule has 7 heteroatoms. The molecule has 4 aromatic rings. The van der Waals surface area contributed by atoms with E-state index in [0.717, 1.165) is 16.2 Å². The molecule has 0 amide bonds. The van der Waals surface area contributed by atoms with Crippen molar-refractivity contribution in [2.45, 2.75) is 6.54 Å². The van der Waals surface area contributed by atoms with Crippen LogP contribution in [0.25, 0.3) is 15.9 Å². The molecular weight excluding hydrogens is 308 g/mol. The smallest absolute Gasteiger partial charge is 0.262 e. The molecule has 0 aromatic carbocycles. The zero-order valence-electron chi connectivity index (χ0n) is 10.7. The van der Waals surface area contributed by atoms with Crippen molar-refractivity contribution in [2.75, 3.05) is 0 Å². The van der Waals surface area contributed by atoms with Crippen molar-refractivity contribution >= 4 is 38.8 Å². The van der Waals surface area contributed by atoms with E-state index in [1.54, 1.807) is 29.2 Å². The minimum absolute atomic E-state index is 0.0451. The van der Waals surface area contributed by atoms with Crippen molar-refractivity contribution in [2.24, 2.45) is 0 Å². The number of fused-ring (bicyclic) bond motifs is 2. The lowest BCUT2D eigenvalue weighted by Gasteiger charge is -2.01. The van der Waals surface area contributed by atoms with Gasteiger partial charge in [0.25, 0.3) is 5.56 Å². The van der Waals surface area contributed by atoms with Crippen molar-refractivity contribution in [1.82, 2.24) is 18.9 Å². The largest absolute Gasteiger partial charge is 0.305 e. The SMILES string of the molecule is O=c1c2ccsc2ncn1Cc1cn2cc(Cl)ccc2n1. The maximum atomic E-state index is 12.3. The van der Waals surface area contributed by atoms with Crippen LogP contribution in [0.1, 0.15) is 5.69 Å². The summed E-state index contributed by atoms with van der Waals surface area (Å²) in [6.07, 6.45) is 5.22. The van der Waals surface area contributed by atoms with Gasteiger partial charge in [0, 0.05) is 12.4 Å². The number of pyridine rings is 1. The highest BCUT2D eigenvalue weighted by molar-refractivity contribution is 7.16. The van der Waals surface area contributed by atoms with Crippen LogP contribution in [0.15, 0.2) is 47.1 Å². The van der Waals surface area contributed by atoms with Crippen molar-refractivity contribution in [3.05, 3.63) is 63.4 Å². The predicted octanol–water partition coefficient (Wildman–Crippen LogP) is 2.81. The Kier molecular flexibility index (Phi) is 2.80. The third-order valence-electron chi connectivity index (χ3n) is 3.25. The Morgan fingerprint density at radius 2 is 2.14 bits per heavy atom. The summed E-state index contributed by atoms with van der Waals surface area (Å²) in [6, 6.07) is 5.43. The molecule has 0 aliphatic heterocycles. The molecule has 0 unspecified atom stereocenters. The van der Waals surface area contributed by atoms with Gasteiger partial charge in [0.2, 0.25) is 0 Å². The third-order valence-corrected chi connectivity index (χ3v) is 4.29. The maximum Gasteiger partial charge on any atom is 0.262 e. The molecule has 5 nitrogen and oxygen atoms in total. The highest BCUT2D eigenvalue weighted by Gasteiger charge is 2.08. The summed E-state index contributed by atoms with van der Waals surface area (Å²) in [5.74, 6) is 0. The molecule has 0 atom stereocenters. The Morgan fingerprint density at radius 3 is 3.05 bits per heavy atom. The Morgan fingerprint density at radius 1 is 1.24 bits per heavy atom. The van der Waals surface area contributed by atoms with E-state index < -0.39 is 0 Å². The maximum absolute atomic E-state index is 12.3. The normalized spacial score (nSPS) is 11.5. The molecule has 104 valence electrons. The van der Waals surface area contributed by atoms with Crippen molar-refractivity contribution in [1.29, 1.82) is 0 Å². The van der Waals surface area contributed by atoms with Crippen LogP contribution in [0.2, 0.25) is 5.02 Å². The summed E-state index contributed by atoms with van der Waals surface area (Å²) in [6.45, 7) is 0.386. The Balaban J connectivity index is 1.78. The van der Waals surface area contributed by atoms with Crippen LogP contribution in [0, 0.1) is 0 Å². The molecule has 0 spiro atoms. The van der Waals surface area contributed by atoms with E-state index >= 15 is 0 Å². The number of imidazole rings is 1. The molecule has 0 N–H and O–H groups in total. The summed E-state index contributed by atoms with van der Waals surface area (Å²) >= 11 is 7.42. The number of aromatic nitrogens is 4. The topological polar surface area (TPSA) is 52.2 Å². The van der Waals surface area contributed by atoms with Crippen LogP contribution in [-0.2, 0) is 6.54 Å². The summed E-state index contributed by atoms with van der Waals surface area (Å²) in [7, 11) is 0. The van der Waals surface area contributed by atoms with E-state index in [0.29, 0.717) is 17.0 Å². The molecule has 4 heterocycles. The van der Waals surface area contributed by atoms with Gasteiger partial charge >= 0.3 is 0 Å². The molecule has 0 saturated heterocycles. The minimum atomic E-state index is -0.0451. The summed E-state index contributed by atoms with van der Waals surface area (Å²) in [5, 5.41) is 3.16. The first kappa shape index (κ1) is 12.6. The van der Waals surface area contributed by atoms with Gasteiger partial charge in [-0.25, -0.2) is 9.97 Å². The van der Waals surface area contributed by atoms with Crippen molar-refractivity contribution in [3.8, 4) is 0 Å². The average Bonchev–Trinajstić information content (AvgIpc) is 3.07. The first-order valence-electron chi connectivity index (χ1n) is 6.26. The fourth-order valence-corrected chi connectivity index (χ4v) is 3.17. The number of thiophene rings is 1. The molecule has 0 aliphatic carbocycles. The number of halogens is 1. The van der Waals surface area contributed by atoms with Gasteiger partial charge in [0.1, 0.15) is 10.5 Å². The molecule has 4 rings (SSSR count). The van der Waals surface area contributed by atoms with Gasteiger partial charge in [0.05, 0.1) is 29.0 Å². The molecule has 21 heavy (non-hydrogen) atoms. The van der Waals surface area contributed by atoms with Crippen molar-refractivity contribution < 1.29 is 0 Å². The van der Waals surface area contributed by atoms with Gasteiger partial charge in [0.15, 0.2) is 0 Å². The highest BCUT2D eigenvalue weighted by Crippen LogP contribution is 2.15. The second-order valence-corrected chi connectivity index (χ2v) is 5.99. The number of rotatable bonds is 2. The van der Waals surface area contributed by atoms with Gasteiger partial charge < -0.3 is 4.40 Å². The van der Waals surface area contributed by atoms with E-state index in [2.05, 4.69) is 9.97 Å².